The molecule has 1 aromatic heterocycles. The number of carbonyl (C=O) groups excluding carboxylic acids is 1. The molecule has 2 aliphatic rings. The predicted octanol–water partition coefficient (Wildman–Crippen LogP) is 2.75. The first-order valence-corrected chi connectivity index (χ1v) is 8.96. The van der Waals surface area contributed by atoms with Gasteiger partial charge in [-0.15, -0.1) is 0 Å². The van der Waals surface area contributed by atoms with Crippen LogP contribution in [0.25, 0.3) is 0 Å². The van der Waals surface area contributed by atoms with Gasteiger partial charge in [-0.25, -0.2) is 14.4 Å². The fourth-order valence-electron chi connectivity index (χ4n) is 3.50. The van der Waals surface area contributed by atoms with Gasteiger partial charge in [0, 0.05) is 6.54 Å². The van der Waals surface area contributed by atoms with Gasteiger partial charge in [-0.3, -0.25) is 14.6 Å². The second-order valence-electron chi connectivity index (χ2n) is 7.07. The van der Waals surface area contributed by atoms with E-state index < -0.39 is 0 Å². The van der Waals surface area contributed by atoms with Gasteiger partial charge in [-0.05, 0) is 30.5 Å². The topological polar surface area (TPSA) is 53.7 Å². The Morgan fingerprint density at radius 1 is 1.27 bits per heavy atom. The fourth-order valence-corrected chi connectivity index (χ4v) is 3.50. The van der Waals surface area contributed by atoms with E-state index in [1.807, 2.05) is 11.5 Å². The maximum Gasteiger partial charge on any atom is 0.283 e. The number of anilines is 1. The Kier molecular flexibility index (Phi) is 4.01. The molecule has 1 amide bonds. The van der Waals surface area contributed by atoms with Crippen LogP contribution in [0.1, 0.15) is 36.8 Å². The largest absolute Gasteiger partial charge is 0.312 e. The highest BCUT2D eigenvalue weighted by atomic mass is 19.1. The Labute approximate surface area is 152 Å². The molecule has 0 unspecified atom stereocenters. The van der Waals surface area contributed by atoms with Gasteiger partial charge in [-0.2, -0.15) is 0 Å². The number of nitrogens with zero attached hydrogens (tertiary/aromatic N) is 5. The average Bonchev–Trinajstić information content (AvgIpc) is 3.22. The first kappa shape index (κ1) is 16.8. The van der Waals surface area contributed by atoms with Gasteiger partial charge in [0.2, 0.25) is 5.96 Å². The van der Waals surface area contributed by atoms with Gasteiger partial charge in [0.05, 0.1) is 25.5 Å². The minimum atomic E-state index is -0.260. The molecular formula is C19H22FN5O. The first-order chi connectivity index (χ1) is 12.5. The predicted molar refractivity (Wildman–Crippen MR) is 97.8 cm³/mol. The Balaban J connectivity index is 1.74. The minimum Gasteiger partial charge on any atom is -0.312 e. The van der Waals surface area contributed by atoms with Crippen LogP contribution in [0.5, 0.6) is 0 Å². The molecule has 0 saturated carbocycles. The Morgan fingerprint density at radius 2 is 2.00 bits per heavy atom. The third-order valence-electron chi connectivity index (χ3n) is 5.00. The molecule has 26 heavy (non-hydrogen) atoms. The van der Waals surface area contributed by atoms with E-state index >= 15 is 0 Å². The third kappa shape index (κ3) is 2.58. The van der Waals surface area contributed by atoms with E-state index in [0.717, 1.165) is 17.9 Å². The van der Waals surface area contributed by atoms with Crippen molar-refractivity contribution in [3.8, 4) is 0 Å². The SMILES string of the molecule is CCN1C(=O)c2ncn(Cc3ccc(F)cc3)c2N2C[C@@H](C(C)C)N=C12. The van der Waals surface area contributed by atoms with Crippen molar-refractivity contribution in [2.24, 2.45) is 10.9 Å². The lowest BCUT2D eigenvalue weighted by molar-refractivity contribution is 0.0841. The molecule has 0 fully saturated rings. The molecule has 0 radical (unpaired) electrons. The van der Waals surface area contributed by atoms with Crippen molar-refractivity contribution < 1.29 is 9.18 Å². The van der Waals surface area contributed by atoms with Gasteiger partial charge in [-0.1, -0.05) is 26.0 Å². The quantitative estimate of drug-likeness (QED) is 0.847. The summed E-state index contributed by atoms with van der Waals surface area (Å²) in [6, 6.07) is 6.54. The van der Waals surface area contributed by atoms with Crippen molar-refractivity contribution in [2.45, 2.75) is 33.4 Å². The van der Waals surface area contributed by atoms with E-state index in [1.165, 1.54) is 12.1 Å². The minimum absolute atomic E-state index is 0.111. The summed E-state index contributed by atoms with van der Waals surface area (Å²) in [5.74, 6) is 1.51. The van der Waals surface area contributed by atoms with E-state index in [4.69, 9.17) is 4.99 Å². The number of amides is 1. The van der Waals surface area contributed by atoms with Gasteiger partial charge in [0.15, 0.2) is 5.69 Å². The maximum atomic E-state index is 13.2. The molecule has 4 rings (SSSR count). The van der Waals surface area contributed by atoms with Crippen molar-refractivity contribution in [1.82, 2.24) is 14.5 Å². The summed E-state index contributed by atoms with van der Waals surface area (Å²) in [5, 5.41) is 0. The van der Waals surface area contributed by atoms with Crippen LogP contribution in [0.15, 0.2) is 35.6 Å². The summed E-state index contributed by atoms with van der Waals surface area (Å²) in [6.07, 6.45) is 1.69. The van der Waals surface area contributed by atoms with Crippen LogP contribution >= 0.6 is 0 Å². The fraction of sp³-hybridized carbons (Fsp3) is 0.421. The van der Waals surface area contributed by atoms with Crippen LogP contribution in [0.4, 0.5) is 10.2 Å². The van der Waals surface area contributed by atoms with E-state index in [2.05, 4.69) is 23.7 Å². The van der Waals surface area contributed by atoms with Crippen LogP contribution in [-0.2, 0) is 6.54 Å². The number of guanidine groups is 1. The number of carbonyl (C=O) groups is 1. The third-order valence-corrected chi connectivity index (χ3v) is 5.00. The molecule has 1 aromatic carbocycles. The standard InChI is InChI=1S/C19H22FN5O/c1-4-24-18(26)16-17(25-10-15(12(2)3)22-19(24)25)23(11-21-16)9-13-5-7-14(20)8-6-13/h5-8,11-12,15H,4,9-10H2,1-3H3/t15-/m0/s1. The second-order valence-corrected chi connectivity index (χ2v) is 7.07. The van der Waals surface area contributed by atoms with E-state index in [-0.39, 0.29) is 17.8 Å². The normalized spacial score (nSPS) is 19.0. The number of hydrogen-bond donors (Lipinski definition) is 0. The van der Waals surface area contributed by atoms with Crippen LogP contribution < -0.4 is 4.90 Å². The molecule has 0 N–H and O–H groups in total. The summed E-state index contributed by atoms with van der Waals surface area (Å²) >= 11 is 0. The molecule has 0 spiro atoms. The molecule has 2 aliphatic heterocycles. The maximum absolute atomic E-state index is 13.2. The highest BCUT2D eigenvalue weighted by Crippen LogP contribution is 2.33. The number of aromatic nitrogens is 2. The van der Waals surface area contributed by atoms with E-state index in [1.54, 1.807) is 23.4 Å². The summed E-state index contributed by atoms with van der Waals surface area (Å²) < 4.78 is 15.1. The van der Waals surface area contributed by atoms with Crippen molar-refractivity contribution in [3.05, 3.63) is 47.7 Å². The van der Waals surface area contributed by atoms with Crippen molar-refractivity contribution >= 4 is 17.7 Å². The zero-order valence-corrected chi connectivity index (χ0v) is 15.2. The first-order valence-electron chi connectivity index (χ1n) is 8.96. The lowest BCUT2D eigenvalue weighted by Gasteiger charge is -2.33. The van der Waals surface area contributed by atoms with Crippen molar-refractivity contribution in [3.63, 3.8) is 0 Å². The van der Waals surface area contributed by atoms with Gasteiger partial charge in [0.25, 0.3) is 5.91 Å². The highest BCUT2D eigenvalue weighted by molar-refractivity contribution is 6.18. The Bertz CT molecular complexity index is 871. The molecule has 0 saturated heterocycles. The number of hydrogen-bond acceptors (Lipinski definition) is 4. The van der Waals surface area contributed by atoms with Gasteiger partial charge < -0.3 is 4.57 Å². The van der Waals surface area contributed by atoms with Gasteiger partial charge in [0.1, 0.15) is 11.6 Å². The molecule has 1 atom stereocenters. The van der Waals surface area contributed by atoms with Gasteiger partial charge >= 0.3 is 0 Å². The Hall–Kier alpha value is -2.70. The van der Waals surface area contributed by atoms with Crippen LogP contribution in [-0.4, -0.2) is 45.4 Å². The van der Waals surface area contributed by atoms with Crippen molar-refractivity contribution in [1.29, 1.82) is 0 Å². The Morgan fingerprint density at radius 3 is 2.65 bits per heavy atom. The zero-order valence-electron chi connectivity index (χ0n) is 15.2. The lowest BCUT2D eigenvalue weighted by atomic mass is 10.1. The van der Waals surface area contributed by atoms with Crippen LogP contribution in [0.2, 0.25) is 0 Å². The molecule has 3 heterocycles. The average molecular weight is 355 g/mol. The number of benzene rings is 1. The summed E-state index contributed by atoms with van der Waals surface area (Å²) in [5.41, 5.74) is 1.41. The van der Waals surface area contributed by atoms with Crippen LogP contribution in [0.3, 0.4) is 0 Å². The zero-order chi connectivity index (χ0) is 18.4. The van der Waals surface area contributed by atoms with Crippen LogP contribution in [0, 0.1) is 11.7 Å². The second kappa shape index (κ2) is 6.23. The summed E-state index contributed by atoms with van der Waals surface area (Å²) in [4.78, 5) is 25.9. The number of fused-ring (bicyclic) bond motifs is 3. The summed E-state index contributed by atoms with van der Waals surface area (Å²) in [6.45, 7) is 8.05. The summed E-state index contributed by atoms with van der Waals surface area (Å²) in [7, 11) is 0. The highest BCUT2D eigenvalue weighted by Gasteiger charge is 2.42. The number of aliphatic imine (C=N–C) groups is 1. The number of imidazole rings is 1. The van der Waals surface area contributed by atoms with Crippen molar-refractivity contribution in [2.75, 3.05) is 18.0 Å². The number of halogens is 1. The molecule has 136 valence electrons. The van der Waals surface area contributed by atoms with E-state index in [0.29, 0.717) is 30.7 Å². The number of rotatable bonds is 4. The monoisotopic (exact) mass is 355 g/mol. The lowest BCUT2D eigenvalue weighted by Crippen LogP contribution is -2.50. The molecule has 6 nitrogen and oxygen atoms in total. The molecule has 0 bridgehead atoms. The molecule has 2 aromatic rings. The molecular weight excluding hydrogens is 333 g/mol. The smallest absolute Gasteiger partial charge is 0.283 e. The molecule has 7 heteroatoms. The molecule has 0 aliphatic carbocycles. The van der Waals surface area contributed by atoms with E-state index in [9.17, 15) is 9.18 Å².